The first kappa shape index (κ1) is 10.5. The Kier molecular flexibility index (Phi) is 3.75. The summed E-state index contributed by atoms with van der Waals surface area (Å²) < 4.78 is 1.09. The summed E-state index contributed by atoms with van der Waals surface area (Å²) in [7, 11) is 2.10. The van der Waals surface area contributed by atoms with Gasteiger partial charge in [-0.15, -0.1) is 0 Å². The van der Waals surface area contributed by atoms with Crippen molar-refractivity contribution in [1.29, 1.82) is 0 Å². The molecular weight excluding hydrogens is 228 g/mol. The van der Waals surface area contributed by atoms with Gasteiger partial charge in [-0.25, -0.2) is 0 Å². The standard InChI is InChI=1S/C10H15BrN2/c1-3-13(2)7-8-4-5-9(12)6-10(8)11/h4-6H,3,7,12H2,1-2H3. The van der Waals surface area contributed by atoms with Gasteiger partial charge in [-0.1, -0.05) is 28.9 Å². The molecule has 13 heavy (non-hydrogen) atoms. The van der Waals surface area contributed by atoms with E-state index in [9.17, 15) is 0 Å². The monoisotopic (exact) mass is 242 g/mol. The number of nitrogen functional groups attached to an aromatic ring is 1. The minimum atomic E-state index is 0.801. The first-order valence-electron chi connectivity index (χ1n) is 4.36. The van der Waals surface area contributed by atoms with Gasteiger partial charge in [0.15, 0.2) is 0 Å². The van der Waals surface area contributed by atoms with Crippen molar-refractivity contribution in [1.82, 2.24) is 4.90 Å². The minimum absolute atomic E-state index is 0.801. The summed E-state index contributed by atoms with van der Waals surface area (Å²) in [6, 6.07) is 5.94. The summed E-state index contributed by atoms with van der Waals surface area (Å²) in [5.74, 6) is 0. The summed E-state index contributed by atoms with van der Waals surface area (Å²) in [6.07, 6.45) is 0. The molecule has 0 aliphatic carbocycles. The van der Waals surface area contributed by atoms with Gasteiger partial charge in [-0.2, -0.15) is 0 Å². The van der Waals surface area contributed by atoms with E-state index >= 15 is 0 Å². The van der Waals surface area contributed by atoms with Crippen LogP contribution < -0.4 is 5.73 Å². The molecule has 0 heterocycles. The lowest BCUT2D eigenvalue weighted by molar-refractivity contribution is 0.345. The third-order valence-corrected chi connectivity index (χ3v) is 2.80. The zero-order chi connectivity index (χ0) is 9.84. The van der Waals surface area contributed by atoms with E-state index in [4.69, 9.17) is 5.73 Å². The Morgan fingerprint density at radius 2 is 2.15 bits per heavy atom. The van der Waals surface area contributed by atoms with E-state index < -0.39 is 0 Å². The molecule has 0 spiro atoms. The fourth-order valence-corrected chi connectivity index (χ4v) is 1.62. The molecule has 0 atom stereocenters. The van der Waals surface area contributed by atoms with Crippen molar-refractivity contribution < 1.29 is 0 Å². The second-order valence-corrected chi connectivity index (χ2v) is 4.04. The van der Waals surface area contributed by atoms with E-state index in [0.29, 0.717) is 0 Å². The molecule has 3 heteroatoms. The summed E-state index contributed by atoms with van der Waals surface area (Å²) in [6.45, 7) is 4.15. The van der Waals surface area contributed by atoms with E-state index in [-0.39, 0.29) is 0 Å². The Morgan fingerprint density at radius 3 is 2.69 bits per heavy atom. The molecule has 1 aromatic carbocycles. The number of rotatable bonds is 3. The van der Waals surface area contributed by atoms with Crippen LogP contribution in [0.2, 0.25) is 0 Å². The van der Waals surface area contributed by atoms with E-state index in [1.807, 2.05) is 12.1 Å². The van der Waals surface area contributed by atoms with Crippen LogP contribution in [-0.2, 0) is 6.54 Å². The van der Waals surface area contributed by atoms with Crippen molar-refractivity contribution in [3.8, 4) is 0 Å². The zero-order valence-electron chi connectivity index (χ0n) is 8.05. The average Bonchev–Trinajstić information content (AvgIpc) is 2.09. The Bertz CT molecular complexity index is 286. The van der Waals surface area contributed by atoms with Gasteiger partial charge < -0.3 is 10.6 Å². The van der Waals surface area contributed by atoms with Crippen LogP contribution in [0.5, 0.6) is 0 Å². The molecule has 0 aliphatic heterocycles. The molecule has 1 aromatic rings. The van der Waals surface area contributed by atoms with Gasteiger partial charge in [0, 0.05) is 16.7 Å². The lowest BCUT2D eigenvalue weighted by Crippen LogP contribution is -2.16. The van der Waals surface area contributed by atoms with E-state index in [2.05, 4.69) is 40.9 Å². The van der Waals surface area contributed by atoms with Crippen LogP contribution in [0.4, 0.5) is 5.69 Å². The highest BCUT2D eigenvalue weighted by molar-refractivity contribution is 9.10. The van der Waals surface area contributed by atoms with Gasteiger partial charge in [0.25, 0.3) is 0 Å². The zero-order valence-corrected chi connectivity index (χ0v) is 9.63. The van der Waals surface area contributed by atoms with Crippen LogP contribution in [0, 0.1) is 0 Å². The maximum absolute atomic E-state index is 5.65. The Labute approximate surface area is 87.9 Å². The first-order chi connectivity index (χ1) is 6.13. The molecule has 0 aliphatic rings. The number of nitrogens with zero attached hydrogens (tertiary/aromatic N) is 1. The molecule has 0 fully saturated rings. The quantitative estimate of drug-likeness (QED) is 0.826. The van der Waals surface area contributed by atoms with Gasteiger partial charge in [0.1, 0.15) is 0 Å². The Morgan fingerprint density at radius 1 is 1.46 bits per heavy atom. The second-order valence-electron chi connectivity index (χ2n) is 3.18. The molecule has 0 bridgehead atoms. The fourth-order valence-electron chi connectivity index (χ4n) is 1.09. The normalized spacial score (nSPS) is 10.8. The SMILES string of the molecule is CCN(C)Cc1ccc(N)cc1Br. The molecule has 72 valence electrons. The van der Waals surface area contributed by atoms with Gasteiger partial charge in [-0.3, -0.25) is 0 Å². The van der Waals surface area contributed by atoms with Crippen molar-refractivity contribution in [2.75, 3.05) is 19.3 Å². The number of hydrogen-bond acceptors (Lipinski definition) is 2. The molecule has 1 rings (SSSR count). The fraction of sp³-hybridized carbons (Fsp3) is 0.400. The highest BCUT2D eigenvalue weighted by atomic mass is 79.9. The van der Waals surface area contributed by atoms with Crippen LogP contribution >= 0.6 is 15.9 Å². The number of anilines is 1. The van der Waals surface area contributed by atoms with E-state index in [1.54, 1.807) is 0 Å². The van der Waals surface area contributed by atoms with Crippen molar-refractivity contribution >= 4 is 21.6 Å². The van der Waals surface area contributed by atoms with Crippen LogP contribution in [0.15, 0.2) is 22.7 Å². The molecule has 0 saturated carbocycles. The lowest BCUT2D eigenvalue weighted by Gasteiger charge is -2.15. The summed E-state index contributed by atoms with van der Waals surface area (Å²) in [4.78, 5) is 2.25. The average molecular weight is 243 g/mol. The molecule has 0 amide bonds. The molecule has 0 radical (unpaired) electrons. The Balaban J connectivity index is 2.77. The summed E-state index contributed by atoms with van der Waals surface area (Å²) >= 11 is 3.50. The number of hydrogen-bond donors (Lipinski definition) is 1. The maximum Gasteiger partial charge on any atom is 0.0325 e. The van der Waals surface area contributed by atoms with Crippen LogP contribution in [0.25, 0.3) is 0 Å². The third kappa shape index (κ3) is 3.01. The third-order valence-electron chi connectivity index (χ3n) is 2.06. The number of benzene rings is 1. The Hall–Kier alpha value is -0.540. The molecule has 2 N–H and O–H groups in total. The smallest absolute Gasteiger partial charge is 0.0325 e. The lowest BCUT2D eigenvalue weighted by atomic mass is 10.2. The van der Waals surface area contributed by atoms with Crippen LogP contribution in [-0.4, -0.2) is 18.5 Å². The molecule has 0 aromatic heterocycles. The minimum Gasteiger partial charge on any atom is -0.399 e. The van der Waals surface area contributed by atoms with Crippen LogP contribution in [0.1, 0.15) is 12.5 Å². The second kappa shape index (κ2) is 4.63. The van der Waals surface area contributed by atoms with Crippen LogP contribution in [0.3, 0.4) is 0 Å². The first-order valence-corrected chi connectivity index (χ1v) is 5.15. The highest BCUT2D eigenvalue weighted by Crippen LogP contribution is 2.20. The van der Waals surface area contributed by atoms with Crippen molar-refractivity contribution in [3.05, 3.63) is 28.2 Å². The predicted molar refractivity (Wildman–Crippen MR) is 60.6 cm³/mol. The number of nitrogens with two attached hydrogens (primary N) is 1. The van der Waals surface area contributed by atoms with Crippen molar-refractivity contribution in [3.63, 3.8) is 0 Å². The van der Waals surface area contributed by atoms with Gasteiger partial charge in [-0.05, 0) is 31.3 Å². The van der Waals surface area contributed by atoms with E-state index in [0.717, 1.165) is 23.2 Å². The predicted octanol–water partition coefficient (Wildman–Crippen LogP) is 2.48. The van der Waals surface area contributed by atoms with Crippen molar-refractivity contribution in [2.24, 2.45) is 0 Å². The van der Waals surface area contributed by atoms with E-state index in [1.165, 1.54) is 5.56 Å². The van der Waals surface area contributed by atoms with Gasteiger partial charge >= 0.3 is 0 Å². The molecule has 2 nitrogen and oxygen atoms in total. The topological polar surface area (TPSA) is 29.3 Å². The van der Waals surface area contributed by atoms with Gasteiger partial charge in [0.2, 0.25) is 0 Å². The summed E-state index contributed by atoms with van der Waals surface area (Å²) in [5, 5.41) is 0. The van der Waals surface area contributed by atoms with Crippen molar-refractivity contribution in [2.45, 2.75) is 13.5 Å². The number of halogens is 1. The molecule has 0 saturated heterocycles. The summed E-state index contributed by atoms with van der Waals surface area (Å²) in [5.41, 5.74) is 7.72. The highest BCUT2D eigenvalue weighted by Gasteiger charge is 2.02. The molecular formula is C10H15BrN2. The largest absolute Gasteiger partial charge is 0.399 e. The van der Waals surface area contributed by atoms with Gasteiger partial charge in [0.05, 0.1) is 0 Å². The molecule has 0 unspecified atom stereocenters. The maximum atomic E-state index is 5.65.